The zero-order valence-corrected chi connectivity index (χ0v) is 15.2. The van der Waals surface area contributed by atoms with Crippen LogP contribution in [0.25, 0.3) is 0 Å². The van der Waals surface area contributed by atoms with Crippen LogP contribution in [0.15, 0.2) is 30.3 Å². The lowest BCUT2D eigenvalue weighted by atomic mass is 10.0. The first-order valence-corrected chi connectivity index (χ1v) is 9.19. The molecule has 0 saturated carbocycles. The smallest absolute Gasteiger partial charge is 0.130 e. The van der Waals surface area contributed by atoms with Gasteiger partial charge >= 0.3 is 0 Å². The summed E-state index contributed by atoms with van der Waals surface area (Å²) in [5.74, 6) is 1.77. The molecule has 2 N–H and O–H groups in total. The number of aromatic nitrogens is 2. The lowest BCUT2D eigenvalue weighted by Crippen LogP contribution is -2.35. The largest absolute Gasteiger partial charge is 0.393 e. The average Bonchev–Trinajstić information content (AvgIpc) is 2.62. The molecule has 1 fully saturated rings. The summed E-state index contributed by atoms with van der Waals surface area (Å²) >= 11 is 0. The minimum atomic E-state index is -0.123. The Kier molecular flexibility index (Phi) is 6.00. The van der Waals surface area contributed by atoms with E-state index < -0.39 is 0 Å². The Morgan fingerprint density at radius 1 is 1.16 bits per heavy atom. The number of benzene rings is 1. The van der Waals surface area contributed by atoms with Gasteiger partial charge in [-0.2, -0.15) is 0 Å². The second-order valence-corrected chi connectivity index (χ2v) is 6.79. The third-order valence-electron chi connectivity index (χ3n) is 4.75. The van der Waals surface area contributed by atoms with E-state index in [1.54, 1.807) is 0 Å². The monoisotopic (exact) mass is 340 g/mol. The van der Waals surface area contributed by atoms with Crippen LogP contribution in [0, 0.1) is 6.92 Å². The van der Waals surface area contributed by atoms with Gasteiger partial charge < -0.3 is 10.4 Å². The molecule has 25 heavy (non-hydrogen) atoms. The molecule has 1 aliphatic heterocycles. The van der Waals surface area contributed by atoms with Gasteiger partial charge in [-0.1, -0.05) is 31.2 Å². The maximum absolute atomic E-state index is 9.67. The molecule has 5 nitrogen and oxygen atoms in total. The minimum Gasteiger partial charge on any atom is -0.393 e. The van der Waals surface area contributed by atoms with Crippen LogP contribution in [-0.2, 0) is 19.5 Å². The number of aliphatic hydroxyl groups is 1. The molecule has 1 saturated heterocycles. The van der Waals surface area contributed by atoms with Crippen LogP contribution in [0.5, 0.6) is 0 Å². The summed E-state index contributed by atoms with van der Waals surface area (Å²) in [6.07, 6.45) is 2.47. The average molecular weight is 340 g/mol. The van der Waals surface area contributed by atoms with E-state index in [0.717, 1.165) is 62.8 Å². The molecule has 1 aromatic heterocycles. The van der Waals surface area contributed by atoms with Crippen molar-refractivity contribution in [3.63, 3.8) is 0 Å². The van der Waals surface area contributed by atoms with Crippen molar-refractivity contribution in [3.05, 3.63) is 53.0 Å². The van der Waals surface area contributed by atoms with Gasteiger partial charge in [0.25, 0.3) is 0 Å². The molecule has 1 aliphatic rings. The van der Waals surface area contributed by atoms with E-state index in [0.29, 0.717) is 0 Å². The predicted molar refractivity (Wildman–Crippen MR) is 100 cm³/mol. The van der Waals surface area contributed by atoms with E-state index in [1.165, 1.54) is 11.1 Å². The number of hydrogen-bond donors (Lipinski definition) is 2. The Bertz CT molecular complexity index is 696. The number of anilines is 1. The highest BCUT2D eigenvalue weighted by Gasteiger charge is 2.17. The summed E-state index contributed by atoms with van der Waals surface area (Å²) < 4.78 is 0. The first kappa shape index (κ1) is 17.8. The number of rotatable bonds is 6. The topological polar surface area (TPSA) is 61.3 Å². The van der Waals surface area contributed by atoms with Crippen LogP contribution in [0.2, 0.25) is 0 Å². The molecule has 2 heterocycles. The van der Waals surface area contributed by atoms with Crippen molar-refractivity contribution in [1.82, 2.24) is 14.9 Å². The van der Waals surface area contributed by atoms with Crippen molar-refractivity contribution in [3.8, 4) is 0 Å². The van der Waals surface area contributed by atoms with Gasteiger partial charge in [0.2, 0.25) is 0 Å². The Morgan fingerprint density at radius 3 is 2.60 bits per heavy atom. The maximum atomic E-state index is 9.67. The van der Waals surface area contributed by atoms with Gasteiger partial charge in [0, 0.05) is 44.4 Å². The molecule has 0 spiro atoms. The summed E-state index contributed by atoms with van der Waals surface area (Å²) in [5.41, 5.74) is 3.63. The van der Waals surface area contributed by atoms with Gasteiger partial charge in [0.05, 0.1) is 6.10 Å². The van der Waals surface area contributed by atoms with Gasteiger partial charge in [0.15, 0.2) is 0 Å². The fourth-order valence-electron chi connectivity index (χ4n) is 3.27. The number of nitrogens with one attached hydrogen (secondary N) is 1. The first-order chi connectivity index (χ1) is 12.1. The molecule has 0 radical (unpaired) electrons. The van der Waals surface area contributed by atoms with Crippen LogP contribution in [0.1, 0.15) is 42.4 Å². The second-order valence-electron chi connectivity index (χ2n) is 6.79. The standard InChI is InChI=1S/C20H28N4O/c1-3-19-22-15(2)12-20(23-19)21-13-16-6-4-5-7-17(16)14-24-10-8-18(25)9-11-24/h4-7,12,18,25H,3,8-11,13-14H2,1-2H3,(H,21,22,23). The SMILES string of the molecule is CCc1nc(C)cc(NCc2ccccc2CN2CCC(O)CC2)n1. The van der Waals surface area contributed by atoms with Crippen LogP contribution in [0.3, 0.4) is 0 Å². The fraction of sp³-hybridized carbons (Fsp3) is 0.500. The predicted octanol–water partition coefficient (Wildman–Crippen LogP) is 2.92. The van der Waals surface area contributed by atoms with E-state index in [1.807, 2.05) is 13.0 Å². The number of likely N-dealkylation sites (tertiary alicyclic amines) is 1. The fourth-order valence-corrected chi connectivity index (χ4v) is 3.27. The Hall–Kier alpha value is -1.98. The van der Waals surface area contributed by atoms with Gasteiger partial charge in [-0.05, 0) is 30.9 Å². The van der Waals surface area contributed by atoms with Crippen molar-refractivity contribution >= 4 is 5.82 Å². The molecule has 0 aliphatic carbocycles. The lowest BCUT2D eigenvalue weighted by Gasteiger charge is -2.30. The Morgan fingerprint density at radius 2 is 1.88 bits per heavy atom. The van der Waals surface area contributed by atoms with E-state index in [4.69, 9.17) is 0 Å². The number of aliphatic hydroxyl groups excluding tert-OH is 1. The third-order valence-corrected chi connectivity index (χ3v) is 4.75. The first-order valence-electron chi connectivity index (χ1n) is 9.19. The van der Waals surface area contributed by atoms with E-state index in [2.05, 4.69) is 51.4 Å². The molecule has 1 aromatic carbocycles. The van der Waals surface area contributed by atoms with E-state index in [-0.39, 0.29) is 6.10 Å². The van der Waals surface area contributed by atoms with E-state index >= 15 is 0 Å². The van der Waals surface area contributed by atoms with Crippen molar-refractivity contribution in [1.29, 1.82) is 0 Å². The zero-order valence-electron chi connectivity index (χ0n) is 15.2. The minimum absolute atomic E-state index is 0.123. The summed E-state index contributed by atoms with van der Waals surface area (Å²) in [5, 5.41) is 13.1. The van der Waals surface area contributed by atoms with Crippen molar-refractivity contribution in [2.75, 3.05) is 18.4 Å². The highest BCUT2D eigenvalue weighted by atomic mass is 16.3. The summed E-state index contributed by atoms with van der Waals surface area (Å²) in [6, 6.07) is 10.6. The molecule has 0 atom stereocenters. The molecule has 3 rings (SSSR count). The van der Waals surface area contributed by atoms with Gasteiger partial charge in [-0.3, -0.25) is 4.90 Å². The molecule has 0 unspecified atom stereocenters. The highest BCUT2D eigenvalue weighted by Crippen LogP contribution is 2.18. The van der Waals surface area contributed by atoms with Crippen molar-refractivity contribution in [2.45, 2.75) is 52.3 Å². The number of hydrogen-bond acceptors (Lipinski definition) is 5. The quantitative estimate of drug-likeness (QED) is 0.847. The number of piperidine rings is 1. The summed E-state index contributed by atoms with van der Waals surface area (Å²) in [4.78, 5) is 11.4. The van der Waals surface area contributed by atoms with E-state index in [9.17, 15) is 5.11 Å². The van der Waals surface area contributed by atoms with Gasteiger partial charge in [-0.15, -0.1) is 0 Å². The Balaban J connectivity index is 1.66. The van der Waals surface area contributed by atoms with Gasteiger partial charge in [0.1, 0.15) is 11.6 Å². The molecule has 134 valence electrons. The third kappa shape index (κ3) is 5.00. The van der Waals surface area contributed by atoms with Crippen molar-refractivity contribution in [2.24, 2.45) is 0 Å². The molecule has 2 aromatic rings. The summed E-state index contributed by atoms with van der Waals surface area (Å²) in [7, 11) is 0. The number of aryl methyl sites for hydroxylation is 2. The normalized spacial score (nSPS) is 16.1. The molecular weight excluding hydrogens is 312 g/mol. The molecule has 0 amide bonds. The van der Waals surface area contributed by atoms with Crippen LogP contribution in [0.4, 0.5) is 5.82 Å². The van der Waals surface area contributed by atoms with Crippen molar-refractivity contribution < 1.29 is 5.11 Å². The molecule has 5 heteroatoms. The van der Waals surface area contributed by atoms with Gasteiger partial charge in [-0.25, -0.2) is 9.97 Å². The second kappa shape index (κ2) is 8.41. The molecule has 0 bridgehead atoms. The maximum Gasteiger partial charge on any atom is 0.130 e. The molecular formula is C20H28N4O. The summed E-state index contributed by atoms with van der Waals surface area (Å²) in [6.45, 7) is 7.70. The number of nitrogens with zero attached hydrogens (tertiary/aromatic N) is 3. The van der Waals surface area contributed by atoms with Crippen LogP contribution in [-0.4, -0.2) is 39.2 Å². The highest BCUT2D eigenvalue weighted by molar-refractivity contribution is 5.38. The van der Waals surface area contributed by atoms with Crippen LogP contribution >= 0.6 is 0 Å². The van der Waals surface area contributed by atoms with Crippen LogP contribution < -0.4 is 5.32 Å². The Labute approximate surface area is 150 Å². The lowest BCUT2D eigenvalue weighted by molar-refractivity contribution is 0.0791. The zero-order chi connectivity index (χ0) is 17.6.